The zero-order chi connectivity index (χ0) is 11.7. The largest absolute Gasteiger partial charge is 0.316 e. The molecule has 1 heteroatoms. The predicted molar refractivity (Wildman–Crippen MR) is 72.2 cm³/mol. The SMILES string of the molecule is CCCNCC1CC12CCc1ccccc1C2. The van der Waals surface area contributed by atoms with Crippen molar-refractivity contribution in [3.05, 3.63) is 35.4 Å². The van der Waals surface area contributed by atoms with E-state index in [2.05, 4.69) is 36.5 Å². The van der Waals surface area contributed by atoms with Crippen LogP contribution < -0.4 is 5.32 Å². The van der Waals surface area contributed by atoms with Crippen LogP contribution in [0.1, 0.15) is 37.3 Å². The molecule has 1 saturated carbocycles. The third kappa shape index (κ3) is 2.13. The van der Waals surface area contributed by atoms with Crippen molar-refractivity contribution in [3.8, 4) is 0 Å². The highest BCUT2D eigenvalue weighted by Gasteiger charge is 2.53. The van der Waals surface area contributed by atoms with Gasteiger partial charge in [-0.05, 0) is 67.7 Å². The molecule has 3 rings (SSSR count). The van der Waals surface area contributed by atoms with Crippen molar-refractivity contribution in [2.24, 2.45) is 11.3 Å². The molecule has 0 radical (unpaired) electrons. The molecule has 2 atom stereocenters. The van der Waals surface area contributed by atoms with Gasteiger partial charge >= 0.3 is 0 Å². The van der Waals surface area contributed by atoms with E-state index in [9.17, 15) is 0 Å². The van der Waals surface area contributed by atoms with Crippen molar-refractivity contribution >= 4 is 0 Å². The van der Waals surface area contributed by atoms with Crippen molar-refractivity contribution in [3.63, 3.8) is 0 Å². The second-order valence-electron chi connectivity index (χ2n) is 5.91. The molecular weight excluding hydrogens is 206 g/mol. The first kappa shape index (κ1) is 11.3. The molecule has 1 aromatic carbocycles. The third-order valence-electron chi connectivity index (χ3n) is 4.73. The van der Waals surface area contributed by atoms with Crippen LogP contribution in [0.4, 0.5) is 0 Å². The number of hydrogen-bond acceptors (Lipinski definition) is 1. The topological polar surface area (TPSA) is 12.0 Å². The first-order chi connectivity index (χ1) is 8.34. The standard InChI is InChI=1S/C16H23N/c1-2-9-17-12-15-11-16(15)8-7-13-5-3-4-6-14(13)10-16/h3-6,15,17H,2,7-12H2,1H3. The molecule has 0 bridgehead atoms. The fourth-order valence-corrected chi connectivity index (χ4v) is 3.52. The van der Waals surface area contributed by atoms with Gasteiger partial charge in [0.2, 0.25) is 0 Å². The second-order valence-corrected chi connectivity index (χ2v) is 5.91. The smallest absolute Gasteiger partial charge is 0.00149 e. The van der Waals surface area contributed by atoms with Crippen molar-refractivity contribution in [2.75, 3.05) is 13.1 Å². The van der Waals surface area contributed by atoms with Crippen molar-refractivity contribution in [1.29, 1.82) is 0 Å². The van der Waals surface area contributed by atoms with Crippen molar-refractivity contribution < 1.29 is 0 Å². The molecule has 0 aliphatic heterocycles. The Morgan fingerprint density at radius 2 is 2.12 bits per heavy atom. The summed E-state index contributed by atoms with van der Waals surface area (Å²) in [5.74, 6) is 0.947. The normalized spacial score (nSPS) is 30.3. The van der Waals surface area contributed by atoms with Crippen LogP contribution in [0.3, 0.4) is 0 Å². The average Bonchev–Trinajstić information content (AvgIpc) is 3.02. The van der Waals surface area contributed by atoms with Gasteiger partial charge in [0.15, 0.2) is 0 Å². The maximum Gasteiger partial charge on any atom is -0.00149 e. The summed E-state index contributed by atoms with van der Waals surface area (Å²) in [6, 6.07) is 9.04. The Morgan fingerprint density at radius 3 is 2.94 bits per heavy atom. The molecule has 0 aromatic heterocycles. The molecule has 2 unspecified atom stereocenters. The molecule has 0 saturated heterocycles. The van der Waals surface area contributed by atoms with E-state index >= 15 is 0 Å². The minimum atomic E-state index is 0.676. The van der Waals surface area contributed by atoms with Gasteiger partial charge < -0.3 is 5.32 Å². The lowest BCUT2D eigenvalue weighted by Crippen LogP contribution is -2.24. The number of rotatable bonds is 4. The first-order valence-electron chi connectivity index (χ1n) is 7.11. The zero-order valence-corrected chi connectivity index (χ0v) is 10.8. The fraction of sp³-hybridized carbons (Fsp3) is 0.625. The first-order valence-corrected chi connectivity index (χ1v) is 7.11. The Bertz CT molecular complexity index is 398. The number of benzene rings is 1. The number of nitrogens with one attached hydrogen (secondary N) is 1. The molecule has 17 heavy (non-hydrogen) atoms. The Kier molecular flexibility index (Phi) is 2.96. The summed E-state index contributed by atoms with van der Waals surface area (Å²) in [6.45, 7) is 4.67. The molecule has 1 N–H and O–H groups in total. The maximum atomic E-state index is 3.59. The average molecular weight is 229 g/mol. The summed E-state index contributed by atoms with van der Waals surface area (Å²) in [6.07, 6.45) is 6.77. The molecule has 0 amide bonds. The summed E-state index contributed by atoms with van der Waals surface area (Å²) < 4.78 is 0. The summed E-state index contributed by atoms with van der Waals surface area (Å²) in [5.41, 5.74) is 3.90. The van der Waals surface area contributed by atoms with E-state index in [-0.39, 0.29) is 0 Å². The van der Waals surface area contributed by atoms with E-state index in [1.807, 2.05) is 0 Å². The van der Waals surface area contributed by atoms with E-state index in [1.54, 1.807) is 11.1 Å². The lowest BCUT2D eigenvalue weighted by molar-refractivity contribution is 0.384. The molecule has 1 aromatic rings. The van der Waals surface area contributed by atoms with Gasteiger partial charge in [-0.3, -0.25) is 0 Å². The molecule has 1 nitrogen and oxygen atoms in total. The van der Waals surface area contributed by atoms with Gasteiger partial charge in [-0.15, -0.1) is 0 Å². The van der Waals surface area contributed by atoms with Crippen LogP contribution in [-0.4, -0.2) is 13.1 Å². The minimum Gasteiger partial charge on any atom is -0.316 e. The van der Waals surface area contributed by atoms with Crippen molar-refractivity contribution in [1.82, 2.24) is 5.32 Å². The van der Waals surface area contributed by atoms with Gasteiger partial charge in [0, 0.05) is 0 Å². The van der Waals surface area contributed by atoms with E-state index in [0.29, 0.717) is 5.41 Å². The van der Waals surface area contributed by atoms with Crippen molar-refractivity contribution in [2.45, 2.75) is 39.0 Å². The van der Waals surface area contributed by atoms with Crippen LogP contribution in [0, 0.1) is 11.3 Å². The fourth-order valence-electron chi connectivity index (χ4n) is 3.52. The highest BCUT2D eigenvalue weighted by molar-refractivity contribution is 5.33. The third-order valence-corrected chi connectivity index (χ3v) is 4.73. The van der Waals surface area contributed by atoms with Gasteiger partial charge in [0.05, 0.1) is 0 Å². The zero-order valence-electron chi connectivity index (χ0n) is 10.8. The Balaban J connectivity index is 1.62. The van der Waals surface area contributed by atoms with Gasteiger partial charge in [0.1, 0.15) is 0 Å². The molecule has 0 heterocycles. The molecule has 2 aliphatic rings. The van der Waals surface area contributed by atoms with Crippen LogP contribution in [0.25, 0.3) is 0 Å². The van der Waals surface area contributed by atoms with Gasteiger partial charge in [-0.1, -0.05) is 31.2 Å². The highest BCUT2D eigenvalue weighted by Crippen LogP contribution is 2.59. The molecule has 1 fully saturated rings. The van der Waals surface area contributed by atoms with Gasteiger partial charge in [-0.25, -0.2) is 0 Å². The molecular formula is C16H23N. The second kappa shape index (κ2) is 4.45. The Morgan fingerprint density at radius 1 is 1.29 bits per heavy atom. The van der Waals surface area contributed by atoms with E-state index in [4.69, 9.17) is 0 Å². The number of fused-ring (bicyclic) bond motifs is 1. The Labute approximate surface area is 105 Å². The molecule has 1 spiro atoms. The highest BCUT2D eigenvalue weighted by atomic mass is 14.9. The summed E-state index contributed by atoms with van der Waals surface area (Å²) >= 11 is 0. The summed E-state index contributed by atoms with van der Waals surface area (Å²) in [5, 5.41) is 3.59. The lowest BCUT2D eigenvalue weighted by Gasteiger charge is -2.25. The van der Waals surface area contributed by atoms with E-state index in [1.165, 1.54) is 45.2 Å². The van der Waals surface area contributed by atoms with Crippen LogP contribution >= 0.6 is 0 Å². The summed E-state index contributed by atoms with van der Waals surface area (Å²) in [4.78, 5) is 0. The lowest BCUT2D eigenvalue weighted by atomic mass is 9.80. The van der Waals surface area contributed by atoms with E-state index < -0.39 is 0 Å². The van der Waals surface area contributed by atoms with Crippen LogP contribution in [0.2, 0.25) is 0 Å². The monoisotopic (exact) mass is 229 g/mol. The minimum absolute atomic E-state index is 0.676. The van der Waals surface area contributed by atoms with Crippen LogP contribution in [-0.2, 0) is 12.8 Å². The van der Waals surface area contributed by atoms with Crippen LogP contribution in [0.15, 0.2) is 24.3 Å². The van der Waals surface area contributed by atoms with Gasteiger partial charge in [-0.2, -0.15) is 0 Å². The quantitative estimate of drug-likeness (QED) is 0.782. The molecule has 92 valence electrons. The summed E-state index contributed by atoms with van der Waals surface area (Å²) in [7, 11) is 0. The Hall–Kier alpha value is -0.820. The van der Waals surface area contributed by atoms with Gasteiger partial charge in [0.25, 0.3) is 0 Å². The number of hydrogen-bond donors (Lipinski definition) is 1. The number of aryl methyl sites for hydroxylation is 1. The maximum absolute atomic E-state index is 3.59. The van der Waals surface area contributed by atoms with Crippen LogP contribution in [0.5, 0.6) is 0 Å². The predicted octanol–water partition coefficient (Wildman–Crippen LogP) is 3.18. The molecule has 2 aliphatic carbocycles. The van der Waals surface area contributed by atoms with E-state index in [0.717, 1.165) is 5.92 Å².